The lowest BCUT2D eigenvalue weighted by atomic mass is 10.1. The highest BCUT2D eigenvalue weighted by atomic mass is 35.5. The fourth-order valence-corrected chi connectivity index (χ4v) is 3.92. The van der Waals surface area contributed by atoms with E-state index < -0.39 is 0 Å². The molecule has 2 aromatic carbocycles. The minimum atomic E-state index is -0.284. The Balaban J connectivity index is 1.45. The number of nitrogens with zero attached hydrogens (tertiary/aromatic N) is 2. The van der Waals surface area contributed by atoms with Gasteiger partial charge in [-0.1, -0.05) is 29.8 Å². The van der Waals surface area contributed by atoms with Gasteiger partial charge in [0.2, 0.25) is 0 Å². The lowest BCUT2D eigenvalue weighted by Gasteiger charge is -2.33. The molecule has 0 N–H and O–H groups in total. The molecule has 1 aromatic heterocycles. The molecule has 4 rings (SSSR count). The number of benzene rings is 2. The second-order valence-electron chi connectivity index (χ2n) is 7.40. The molecular formula is C23H23ClN2O4. The van der Waals surface area contributed by atoms with Crippen LogP contribution in [0.4, 0.5) is 0 Å². The average Bonchev–Trinajstić information content (AvgIpc) is 3.09. The van der Waals surface area contributed by atoms with Gasteiger partial charge in [0, 0.05) is 29.5 Å². The summed E-state index contributed by atoms with van der Waals surface area (Å²) < 4.78 is 13.6. The molecule has 0 aliphatic carbocycles. The summed E-state index contributed by atoms with van der Waals surface area (Å²) in [5, 5.41) is 1.52. The van der Waals surface area contributed by atoms with Crippen LogP contribution in [0.5, 0.6) is 5.75 Å². The van der Waals surface area contributed by atoms with E-state index in [1.807, 2.05) is 41.9 Å². The van der Waals surface area contributed by atoms with Crippen LogP contribution in [0.15, 0.2) is 48.5 Å². The molecule has 7 heteroatoms. The van der Waals surface area contributed by atoms with Crippen molar-refractivity contribution in [1.29, 1.82) is 0 Å². The summed E-state index contributed by atoms with van der Waals surface area (Å²) in [6.07, 6.45) is -0.284. The molecule has 1 saturated heterocycles. The van der Waals surface area contributed by atoms with Crippen LogP contribution in [0.3, 0.4) is 0 Å². The largest absolute Gasteiger partial charge is 0.490 e. The quantitative estimate of drug-likeness (QED) is 0.579. The second-order valence-corrected chi connectivity index (χ2v) is 7.84. The van der Waals surface area contributed by atoms with Gasteiger partial charge in [-0.3, -0.25) is 9.59 Å². The molecule has 0 saturated carbocycles. The molecule has 156 valence electrons. The first-order valence-corrected chi connectivity index (χ1v) is 10.2. The number of rotatable bonds is 5. The molecule has 2 heterocycles. The van der Waals surface area contributed by atoms with E-state index in [1.165, 1.54) is 6.92 Å². The Labute approximate surface area is 179 Å². The summed E-state index contributed by atoms with van der Waals surface area (Å²) in [5.41, 5.74) is 2.10. The Morgan fingerprint density at radius 2 is 2.00 bits per heavy atom. The van der Waals surface area contributed by atoms with Gasteiger partial charge in [-0.05, 0) is 37.3 Å². The van der Waals surface area contributed by atoms with Gasteiger partial charge in [-0.2, -0.15) is 0 Å². The Hall–Kier alpha value is -2.83. The molecule has 1 fully saturated rings. The Morgan fingerprint density at radius 1 is 1.20 bits per heavy atom. The molecule has 1 amide bonds. The maximum absolute atomic E-state index is 13.1. The summed E-state index contributed by atoms with van der Waals surface area (Å²) in [6.45, 7) is 3.09. The van der Waals surface area contributed by atoms with Crippen molar-refractivity contribution in [3.05, 3.63) is 64.8 Å². The maximum atomic E-state index is 13.1. The number of carbonyl (C=O) groups is 2. The van der Waals surface area contributed by atoms with Crippen molar-refractivity contribution in [3.8, 4) is 5.75 Å². The van der Waals surface area contributed by atoms with Crippen LogP contribution in [0.1, 0.15) is 27.8 Å². The molecule has 6 nitrogen and oxygen atoms in total. The number of hydrogen-bond acceptors (Lipinski definition) is 4. The van der Waals surface area contributed by atoms with E-state index in [1.54, 1.807) is 23.1 Å². The molecule has 1 aliphatic heterocycles. The predicted molar refractivity (Wildman–Crippen MR) is 116 cm³/mol. The van der Waals surface area contributed by atoms with Crippen molar-refractivity contribution in [1.82, 2.24) is 9.47 Å². The van der Waals surface area contributed by atoms with E-state index in [0.717, 1.165) is 10.9 Å². The molecule has 1 unspecified atom stereocenters. The van der Waals surface area contributed by atoms with Crippen molar-refractivity contribution in [2.45, 2.75) is 13.0 Å². The lowest BCUT2D eigenvalue weighted by molar-refractivity contribution is -0.0404. The van der Waals surface area contributed by atoms with Crippen LogP contribution in [-0.4, -0.2) is 53.6 Å². The fourth-order valence-electron chi connectivity index (χ4n) is 3.75. The average molecular weight is 427 g/mol. The topological polar surface area (TPSA) is 60.8 Å². The summed E-state index contributed by atoms with van der Waals surface area (Å²) >= 11 is 5.99. The highest BCUT2D eigenvalue weighted by Gasteiger charge is 2.27. The SMILES string of the molecule is CC(=O)c1cc(Cl)ccc1OCC1CN(C(=O)c2cc3ccccc3n2C)CCO1. The minimum Gasteiger partial charge on any atom is -0.490 e. The molecule has 1 atom stereocenters. The number of ether oxygens (including phenoxy) is 2. The van der Waals surface area contributed by atoms with Gasteiger partial charge < -0.3 is 18.9 Å². The third kappa shape index (κ3) is 4.06. The Kier molecular flexibility index (Phi) is 5.79. The molecule has 30 heavy (non-hydrogen) atoms. The van der Waals surface area contributed by atoms with Gasteiger partial charge >= 0.3 is 0 Å². The molecule has 0 bridgehead atoms. The Bertz CT molecular complexity index is 1110. The van der Waals surface area contributed by atoms with E-state index in [9.17, 15) is 9.59 Å². The van der Waals surface area contributed by atoms with Gasteiger partial charge in [0.25, 0.3) is 5.91 Å². The summed E-state index contributed by atoms with van der Waals surface area (Å²) in [5.74, 6) is 0.315. The number of halogens is 1. The Morgan fingerprint density at radius 3 is 2.77 bits per heavy atom. The first kappa shape index (κ1) is 20.4. The number of hydrogen-bond donors (Lipinski definition) is 0. The predicted octanol–water partition coefficient (Wildman–Crippen LogP) is 3.95. The van der Waals surface area contributed by atoms with Crippen LogP contribution < -0.4 is 4.74 Å². The van der Waals surface area contributed by atoms with Crippen LogP contribution >= 0.6 is 11.6 Å². The first-order valence-electron chi connectivity index (χ1n) is 9.82. The zero-order chi connectivity index (χ0) is 21.3. The number of ketones is 1. The van der Waals surface area contributed by atoms with E-state index in [2.05, 4.69) is 0 Å². The molecular weight excluding hydrogens is 404 g/mol. The van der Waals surface area contributed by atoms with Crippen LogP contribution in [0.25, 0.3) is 10.9 Å². The number of amides is 1. The molecule has 0 spiro atoms. The number of para-hydroxylation sites is 1. The number of carbonyl (C=O) groups excluding carboxylic acids is 2. The molecule has 0 radical (unpaired) electrons. The van der Waals surface area contributed by atoms with Crippen LogP contribution in [0.2, 0.25) is 5.02 Å². The summed E-state index contributed by atoms with van der Waals surface area (Å²) in [6, 6.07) is 14.8. The lowest BCUT2D eigenvalue weighted by Crippen LogP contribution is -2.48. The maximum Gasteiger partial charge on any atom is 0.270 e. The third-order valence-electron chi connectivity index (χ3n) is 5.34. The molecule has 1 aliphatic rings. The van der Waals surface area contributed by atoms with E-state index in [4.69, 9.17) is 21.1 Å². The highest BCUT2D eigenvalue weighted by molar-refractivity contribution is 6.31. The monoisotopic (exact) mass is 426 g/mol. The smallest absolute Gasteiger partial charge is 0.270 e. The molecule has 3 aromatic rings. The van der Waals surface area contributed by atoms with Crippen molar-refractivity contribution < 1.29 is 19.1 Å². The fraction of sp³-hybridized carbons (Fsp3) is 0.304. The van der Waals surface area contributed by atoms with E-state index in [-0.39, 0.29) is 24.4 Å². The number of morpholine rings is 1. The standard InChI is InChI=1S/C23H23ClN2O4/c1-15(27)19-12-17(24)7-8-22(19)30-14-18-13-26(9-10-29-18)23(28)21-11-16-5-3-4-6-20(16)25(21)2/h3-8,11-12,18H,9-10,13-14H2,1-2H3. The van der Waals surface area contributed by atoms with Gasteiger partial charge in [0.1, 0.15) is 24.2 Å². The minimum absolute atomic E-state index is 0.0297. The number of fused-ring (bicyclic) bond motifs is 1. The van der Waals surface area contributed by atoms with Crippen LogP contribution in [0, 0.1) is 0 Å². The second kappa shape index (κ2) is 8.50. The first-order chi connectivity index (χ1) is 14.4. The zero-order valence-electron chi connectivity index (χ0n) is 16.9. The summed E-state index contributed by atoms with van der Waals surface area (Å²) in [4.78, 5) is 26.8. The zero-order valence-corrected chi connectivity index (χ0v) is 17.7. The van der Waals surface area contributed by atoms with Gasteiger partial charge in [0.05, 0.1) is 18.7 Å². The number of aromatic nitrogens is 1. The van der Waals surface area contributed by atoms with Gasteiger partial charge in [0.15, 0.2) is 5.78 Å². The van der Waals surface area contributed by atoms with Crippen molar-refractivity contribution in [2.24, 2.45) is 7.05 Å². The third-order valence-corrected chi connectivity index (χ3v) is 5.58. The highest BCUT2D eigenvalue weighted by Crippen LogP contribution is 2.24. The van der Waals surface area contributed by atoms with Gasteiger partial charge in [-0.15, -0.1) is 0 Å². The normalized spacial score (nSPS) is 16.6. The summed E-state index contributed by atoms with van der Waals surface area (Å²) in [7, 11) is 1.90. The van der Waals surface area contributed by atoms with E-state index in [0.29, 0.717) is 41.7 Å². The van der Waals surface area contributed by atoms with Crippen LogP contribution in [-0.2, 0) is 11.8 Å². The van der Waals surface area contributed by atoms with Crippen molar-refractivity contribution in [2.75, 3.05) is 26.3 Å². The van der Waals surface area contributed by atoms with Crippen molar-refractivity contribution in [3.63, 3.8) is 0 Å². The van der Waals surface area contributed by atoms with Gasteiger partial charge in [-0.25, -0.2) is 0 Å². The van der Waals surface area contributed by atoms with E-state index >= 15 is 0 Å². The number of Topliss-reactive ketones (excluding diaryl/α,β-unsaturated/α-hetero) is 1. The number of aryl methyl sites for hydroxylation is 1. The van der Waals surface area contributed by atoms with Crippen molar-refractivity contribution >= 4 is 34.2 Å².